The number of carbonyl (C=O) groups excluding carboxylic acids is 1. The molecule has 0 radical (unpaired) electrons. The van der Waals surface area contributed by atoms with Gasteiger partial charge in [0.2, 0.25) is 5.91 Å². The molecule has 0 bridgehead atoms. The number of rotatable bonds is 7. The molecule has 2 aromatic rings. The molecule has 0 spiro atoms. The Kier molecular flexibility index (Phi) is 6.41. The highest BCUT2D eigenvalue weighted by Gasteiger charge is 2.30. The smallest absolute Gasteiger partial charge is 0.416 e. The van der Waals surface area contributed by atoms with Gasteiger partial charge < -0.3 is 14.1 Å². The summed E-state index contributed by atoms with van der Waals surface area (Å²) in [6, 6.07) is 8.25. The molecule has 0 fully saturated rings. The van der Waals surface area contributed by atoms with Crippen LogP contribution < -0.4 is 0 Å². The number of amides is 1. The molecule has 134 valence electrons. The number of halogens is 3. The van der Waals surface area contributed by atoms with Gasteiger partial charge in [-0.05, 0) is 35.9 Å². The van der Waals surface area contributed by atoms with Gasteiger partial charge in [0.05, 0.1) is 25.0 Å². The molecule has 1 aromatic carbocycles. The standard InChI is InChI=1S/C18H18F3NO3/c1-24-11-9-22(13-16-6-3-10-25-16)17(23)8-7-14-4-2-5-15(12-14)18(19,20)21/h2-8,10,12H,9,11,13H2,1H3/b8-7+. The predicted molar refractivity (Wildman–Crippen MR) is 86.5 cm³/mol. The quantitative estimate of drug-likeness (QED) is 0.707. The van der Waals surface area contributed by atoms with Crippen LogP contribution in [0.25, 0.3) is 6.08 Å². The van der Waals surface area contributed by atoms with E-state index < -0.39 is 11.7 Å². The summed E-state index contributed by atoms with van der Waals surface area (Å²) in [5.41, 5.74) is -0.457. The topological polar surface area (TPSA) is 42.7 Å². The summed E-state index contributed by atoms with van der Waals surface area (Å²) in [6.45, 7) is 0.926. The summed E-state index contributed by atoms with van der Waals surface area (Å²) in [5.74, 6) is 0.266. The molecule has 0 aliphatic carbocycles. The van der Waals surface area contributed by atoms with E-state index in [2.05, 4.69) is 0 Å². The van der Waals surface area contributed by atoms with E-state index in [0.717, 1.165) is 12.1 Å². The van der Waals surface area contributed by atoms with Crippen LogP contribution in [-0.2, 0) is 22.3 Å². The average Bonchev–Trinajstić information content (AvgIpc) is 3.09. The molecule has 25 heavy (non-hydrogen) atoms. The van der Waals surface area contributed by atoms with Crippen LogP contribution in [0.2, 0.25) is 0 Å². The fourth-order valence-electron chi connectivity index (χ4n) is 2.15. The van der Waals surface area contributed by atoms with Gasteiger partial charge >= 0.3 is 6.18 Å². The van der Waals surface area contributed by atoms with Crippen LogP contribution in [-0.4, -0.2) is 31.1 Å². The first kappa shape index (κ1) is 18.8. The number of nitrogens with zero attached hydrogens (tertiary/aromatic N) is 1. The lowest BCUT2D eigenvalue weighted by atomic mass is 10.1. The van der Waals surface area contributed by atoms with Gasteiger partial charge in [-0.1, -0.05) is 12.1 Å². The Labute approximate surface area is 143 Å². The number of hydrogen-bond acceptors (Lipinski definition) is 3. The molecule has 7 heteroatoms. The van der Waals surface area contributed by atoms with E-state index in [-0.39, 0.29) is 12.5 Å². The van der Waals surface area contributed by atoms with Crippen molar-refractivity contribution in [2.45, 2.75) is 12.7 Å². The monoisotopic (exact) mass is 353 g/mol. The minimum Gasteiger partial charge on any atom is -0.467 e. The maximum atomic E-state index is 12.7. The Morgan fingerprint density at radius 2 is 2.08 bits per heavy atom. The number of furan rings is 1. The van der Waals surface area contributed by atoms with Gasteiger partial charge in [-0.15, -0.1) is 0 Å². The van der Waals surface area contributed by atoms with Crippen molar-refractivity contribution in [2.75, 3.05) is 20.3 Å². The molecule has 0 unspecified atom stereocenters. The van der Waals surface area contributed by atoms with E-state index in [1.54, 1.807) is 12.1 Å². The molecule has 0 aliphatic rings. The minimum atomic E-state index is -4.42. The highest BCUT2D eigenvalue weighted by molar-refractivity contribution is 5.91. The molecule has 2 rings (SSSR count). The van der Waals surface area contributed by atoms with Gasteiger partial charge in [0.15, 0.2) is 0 Å². The number of alkyl halides is 3. The molecule has 0 aliphatic heterocycles. The molecule has 0 atom stereocenters. The second kappa shape index (κ2) is 8.53. The molecule has 0 saturated heterocycles. The minimum absolute atomic E-state index is 0.252. The summed E-state index contributed by atoms with van der Waals surface area (Å²) < 4.78 is 48.4. The first-order chi connectivity index (χ1) is 11.9. The molecule has 0 saturated carbocycles. The lowest BCUT2D eigenvalue weighted by Gasteiger charge is -2.19. The van der Waals surface area contributed by atoms with Gasteiger partial charge in [0.1, 0.15) is 5.76 Å². The van der Waals surface area contributed by atoms with E-state index in [9.17, 15) is 18.0 Å². The third-order valence-electron chi connectivity index (χ3n) is 3.44. The van der Waals surface area contributed by atoms with Crippen molar-refractivity contribution < 1.29 is 27.1 Å². The second-order valence-corrected chi connectivity index (χ2v) is 5.29. The number of methoxy groups -OCH3 is 1. The molecule has 1 aromatic heterocycles. The first-order valence-electron chi connectivity index (χ1n) is 7.55. The van der Waals surface area contributed by atoms with Crippen LogP contribution >= 0.6 is 0 Å². The van der Waals surface area contributed by atoms with Crippen molar-refractivity contribution in [1.82, 2.24) is 4.90 Å². The second-order valence-electron chi connectivity index (χ2n) is 5.29. The van der Waals surface area contributed by atoms with E-state index >= 15 is 0 Å². The van der Waals surface area contributed by atoms with Crippen molar-refractivity contribution in [3.8, 4) is 0 Å². The van der Waals surface area contributed by atoms with Crippen LogP contribution in [0.4, 0.5) is 13.2 Å². The summed E-state index contributed by atoms with van der Waals surface area (Å²) in [7, 11) is 1.52. The molecule has 4 nitrogen and oxygen atoms in total. The van der Waals surface area contributed by atoms with Gasteiger partial charge in [-0.25, -0.2) is 0 Å². The Balaban J connectivity index is 2.09. The third-order valence-corrected chi connectivity index (χ3v) is 3.44. The van der Waals surface area contributed by atoms with E-state index in [4.69, 9.17) is 9.15 Å². The van der Waals surface area contributed by atoms with Gasteiger partial charge in [-0.2, -0.15) is 13.2 Å². The van der Waals surface area contributed by atoms with Gasteiger partial charge in [0, 0.05) is 19.7 Å². The largest absolute Gasteiger partial charge is 0.467 e. The van der Waals surface area contributed by atoms with Crippen LogP contribution in [0, 0.1) is 0 Å². The third kappa shape index (κ3) is 5.79. The maximum absolute atomic E-state index is 12.7. The number of hydrogen-bond donors (Lipinski definition) is 0. The molecular weight excluding hydrogens is 335 g/mol. The van der Waals surface area contributed by atoms with E-state index in [1.165, 1.54) is 42.6 Å². The normalized spacial score (nSPS) is 11.8. The summed E-state index contributed by atoms with van der Waals surface area (Å²) in [5, 5.41) is 0. The summed E-state index contributed by atoms with van der Waals surface area (Å²) in [4.78, 5) is 13.8. The molecular formula is C18H18F3NO3. The lowest BCUT2D eigenvalue weighted by Crippen LogP contribution is -2.31. The number of carbonyl (C=O) groups is 1. The van der Waals surface area contributed by atoms with Crippen LogP contribution in [0.3, 0.4) is 0 Å². The highest BCUT2D eigenvalue weighted by Crippen LogP contribution is 2.29. The van der Waals surface area contributed by atoms with Gasteiger partial charge in [-0.3, -0.25) is 4.79 Å². The number of benzene rings is 1. The highest BCUT2D eigenvalue weighted by atomic mass is 19.4. The van der Waals surface area contributed by atoms with Crippen molar-refractivity contribution in [1.29, 1.82) is 0 Å². The first-order valence-corrected chi connectivity index (χ1v) is 7.55. The lowest BCUT2D eigenvalue weighted by molar-refractivity contribution is -0.137. The van der Waals surface area contributed by atoms with Crippen molar-refractivity contribution in [3.63, 3.8) is 0 Å². The Morgan fingerprint density at radius 1 is 1.28 bits per heavy atom. The zero-order valence-corrected chi connectivity index (χ0v) is 13.6. The van der Waals surface area contributed by atoms with Crippen LogP contribution in [0.15, 0.2) is 53.2 Å². The van der Waals surface area contributed by atoms with Crippen LogP contribution in [0.5, 0.6) is 0 Å². The Morgan fingerprint density at radius 3 is 2.72 bits per heavy atom. The summed E-state index contributed by atoms with van der Waals surface area (Å²) in [6.07, 6.45) is -0.308. The molecule has 0 N–H and O–H groups in total. The fourth-order valence-corrected chi connectivity index (χ4v) is 2.15. The Bertz CT molecular complexity index is 709. The zero-order valence-electron chi connectivity index (χ0n) is 13.6. The zero-order chi connectivity index (χ0) is 18.3. The van der Waals surface area contributed by atoms with Gasteiger partial charge in [0.25, 0.3) is 0 Å². The molecule has 1 amide bonds. The fraction of sp³-hybridized carbons (Fsp3) is 0.278. The SMILES string of the molecule is COCCN(Cc1ccco1)C(=O)/C=C/c1cccc(C(F)(F)F)c1. The Hall–Kier alpha value is -2.54. The van der Waals surface area contributed by atoms with Crippen molar-refractivity contribution >= 4 is 12.0 Å². The maximum Gasteiger partial charge on any atom is 0.416 e. The van der Waals surface area contributed by atoms with E-state index in [1.807, 2.05) is 0 Å². The van der Waals surface area contributed by atoms with Crippen LogP contribution in [0.1, 0.15) is 16.9 Å². The average molecular weight is 353 g/mol. The number of ether oxygens (including phenoxy) is 1. The predicted octanol–water partition coefficient (Wildman–Crippen LogP) is 3.99. The summed E-state index contributed by atoms with van der Waals surface area (Å²) >= 11 is 0. The van der Waals surface area contributed by atoms with Crippen molar-refractivity contribution in [3.05, 3.63) is 65.6 Å². The molecule has 1 heterocycles. The van der Waals surface area contributed by atoms with Crippen molar-refractivity contribution in [2.24, 2.45) is 0 Å². The van der Waals surface area contributed by atoms with E-state index in [0.29, 0.717) is 24.5 Å².